The molecule has 0 radical (unpaired) electrons. The van der Waals surface area contributed by atoms with E-state index < -0.39 is 11.9 Å². The fourth-order valence-electron chi connectivity index (χ4n) is 1.92. The van der Waals surface area contributed by atoms with Crippen molar-refractivity contribution in [2.75, 3.05) is 18.2 Å². The number of nitrogens with one attached hydrogen (secondary N) is 1. The molecule has 0 aliphatic carbocycles. The van der Waals surface area contributed by atoms with Crippen molar-refractivity contribution in [3.05, 3.63) is 59.7 Å². The third kappa shape index (κ3) is 4.60. The third-order valence-electron chi connectivity index (χ3n) is 3.07. The predicted molar refractivity (Wildman–Crippen MR) is 90.5 cm³/mol. The Hall–Kier alpha value is -2.80. The van der Waals surface area contributed by atoms with Crippen molar-refractivity contribution in [2.45, 2.75) is 4.90 Å². The maximum Gasteiger partial charge on any atom is 0.337 e. The SMILES string of the molecule is COC(=O)c1ccc(NC(=O)CSc2ccccc2C(=O)O)cc1. The molecule has 124 valence electrons. The first kappa shape index (κ1) is 17.6. The topological polar surface area (TPSA) is 92.7 Å². The number of carboxylic acid groups (broad SMARTS) is 1. The number of thioether (sulfide) groups is 1. The third-order valence-corrected chi connectivity index (χ3v) is 4.14. The van der Waals surface area contributed by atoms with Gasteiger partial charge in [-0.1, -0.05) is 12.1 Å². The van der Waals surface area contributed by atoms with E-state index in [0.717, 1.165) is 11.8 Å². The Morgan fingerprint density at radius 2 is 1.75 bits per heavy atom. The number of amides is 1. The van der Waals surface area contributed by atoms with Crippen LogP contribution in [0.15, 0.2) is 53.4 Å². The van der Waals surface area contributed by atoms with Gasteiger partial charge in [-0.2, -0.15) is 0 Å². The van der Waals surface area contributed by atoms with Gasteiger partial charge in [-0.05, 0) is 36.4 Å². The van der Waals surface area contributed by atoms with E-state index in [1.165, 1.54) is 13.2 Å². The molecule has 0 heterocycles. The number of carbonyl (C=O) groups excluding carboxylic acids is 2. The predicted octanol–water partition coefficient (Wildman–Crippen LogP) is 2.90. The first-order chi connectivity index (χ1) is 11.5. The summed E-state index contributed by atoms with van der Waals surface area (Å²) in [5.74, 6) is -1.68. The number of carboxylic acids is 1. The van der Waals surface area contributed by atoms with Crippen LogP contribution in [0.25, 0.3) is 0 Å². The quantitative estimate of drug-likeness (QED) is 0.618. The van der Waals surface area contributed by atoms with Crippen LogP contribution in [0, 0.1) is 0 Å². The van der Waals surface area contributed by atoms with Crippen molar-refractivity contribution in [3.8, 4) is 0 Å². The van der Waals surface area contributed by atoms with Gasteiger partial charge in [0.15, 0.2) is 0 Å². The van der Waals surface area contributed by atoms with E-state index in [1.807, 2.05) is 0 Å². The molecule has 1 amide bonds. The summed E-state index contributed by atoms with van der Waals surface area (Å²) in [6, 6.07) is 12.8. The number of carbonyl (C=O) groups is 3. The number of anilines is 1. The van der Waals surface area contributed by atoms with Crippen LogP contribution in [-0.2, 0) is 9.53 Å². The lowest BCUT2D eigenvalue weighted by Crippen LogP contribution is -2.14. The minimum Gasteiger partial charge on any atom is -0.478 e. The van der Waals surface area contributed by atoms with E-state index in [2.05, 4.69) is 10.1 Å². The maximum absolute atomic E-state index is 12.0. The number of hydrogen-bond acceptors (Lipinski definition) is 5. The van der Waals surface area contributed by atoms with Crippen molar-refractivity contribution in [3.63, 3.8) is 0 Å². The van der Waals surface area contributed by atoms with Crippen molar-refractivity contribution < 1.29 is 24.2 Å². The van der Waals surface area contributed by atoms with Gasteiger partial charge in [-0.15, -0.1) is 11.8 Å². The molecule has 0 unspecified atom stereocenters. The molecule has 0 fully saturated rings. The Kier molecular flexibility index (Phi) is 5.97. The zero-order valence-corrected chi connectivity index (χ0v) is 13.6. The zero-order valence-electron chi connectivity index (χ0n) is 12.8. The highest BCUT2D eigenvalue weighted by molar-refractivity contribution is 8.00. The molecule has 0 atom stereocenters. The number of esters is 1. The van der Waals surface area contributed by atoms with Gasteiger partial charge in [0.05, 0.1) is 24.0 Å². The molecule has 6 nitrogen and oxygen atoms in total. The van der Waals surface area contributed by atoms with E-state index in [-0.39, 0.29) is 17.2 Å². The van der Waals surface area contributed by atoms with Gasteiger partial charge in [-0.3, -0.25) is 4.79 Å². The van der Waals surface area contributed by atoms with E-state index in [1.54, 1.807) is 42.5 Å². The number of hydrogen-bond donors (Lipinski definition) is 2. The second-order valence-corrected chi connectivity index (χ2v) is 5.72. The van der Waals surface area contributed by atoms with Crippen LogP contribution >= 0.6 is 11.8 Å². The van der Waals surface area contributed by atoms with Crippen LogP contribution in [0.1, 0.15) is 20.7 Å². The summed E-state index contributed by atoms with van der Waals surface area (Å²) in [5.41, 5.74) is 1.10. The summed E-state index contributed by atoms with van der Waals surface area (Å²) in [6.45, 7) is 0. The van der Waals surface area contributed by atoms with Crippen molar-refractivity contribution >= 4 is 35.3 Å². The molecule has 0 aliphatic heterocycles. The van der Waals surface area contributed by atoms with Gasteiger partial charge in [0.1, 0.15) is 0 Å². The van der Waals surface area contributed by atoms with E-state index in [9.17, 15) is 14.4 Å². The molecule has 0 bridgehead atoms. The average molecular weight is 345 g/mol. The number of rotatable bonds is 6. The second kappa shape index (κ2) is 8.16. The summed E-state index contributed by atoms with van der Waals surface area (Å²) in [6.07, 6.45) is 0. The Balaban J connectivity index is 1.94. The lowest BCUT2D eigenvalue weighted by molar-refractivity contribution is -0.113. The molecule has 0 spiro atoms. The number of methoxy groups -OCH3 is 1. The molecule has 0 aliphatic rings. The van der Waals surface area contributed by atoms with Gasteiger partial charge < -0.3 is 15.2 Å². The first-order valence-electron chi connectivity index (χ1n) is 6.94. The van der Waals surface area contributed by atoms with Crippen LogP contribution in [0.4, 0.5) is 5.69 Å². The van der Waals surface area contributed by atoms with Gasteiger partial charge in [-0.25, -0.2) is 9.59 Å². The summed E-state index contributed by atoms with van der Waals surface area (Å²) >= 11 is 1.15. The van der Waals surface area contributed by atoms with Crippen molar-refractivity contribution in [1.82, 2.24) is 0 Å². The van der Waals surface area contributed by atoms with E-state index in [0.29, 0.717) is 16.1 Å². The molecule has 0 aromatic heterocycles. The molecule has 24 heavy (non-hydrogen) atoms. The summed E-state index contributed by atoms with van der Waals surface area (Å²) in [5, 5.41) is 11.8. The lowest BCUT2D eigenvalue weighted by Gasteiger charge is -2.07. The van der Waals surface area contributed by atoms with E-state index in [4.69, 9.17) is 5.11 Å². The summed E-state index contributed by atoms with van der Waals surface area (Å²) in [4.78, 5) is 34.9. The standard InChI is InChI=1S/C17H15NO5S/c1-23-17(22)11-6-8-12(9-7-11)18-15(19)10-24-14-5-3-2-4-13(14)16(20)21/h2-9H,10H2,1H3,(H,18,19)(H,20,21). The van der Waals surface area contributed by atoms with Crippen molar-refractivity contribution in [1.29, 1.82) is 0 Å². The molecule has 2 N–H and O–H groups in total. The minimum atomic E-state index is -1.03. The molecule has 7 heteroatoms. The van der Waals surface area contributed by atoms with Crippen LogP contribution in [0.2, 0.25) is 0 Å². The molecule has 2 rings (SSSR count). The smallest absolute Gasteiger partial charge is 0.337 e. The van der Waals surface area contributed by atoms with Crippen LogP contribution < -0.4 is 5.32 Å². The van der Waals surface area contributed by atoms with Gasteiger partial charge >= 0.3 is 11.9 Å². The first-order valence-corrected chi connectivity index (χ1v) is 7.93. The normalized spacial score (nSPS) is 10.0. The Morgan fingerprint density at radius 1 is 1.08 bits per heavy atom. The zero-order chi connectivity index (χ0) is 17.5. The largest absolute Gasteiger partial charge is 0.478 e. The molecular weight excluding hydrogens is 330 g/mol. The lowest BCUT2D eigenvalue weighted by atomic mass is 10.2. The molecular formula is C17H15NO5S. The number of benzene rings is 2. The Labute approximate surface area is 142 Å². The highest BCUT2D eigenvalue weighted by Gasteiger charge is 2.12. The van der Waals surface area contributed by atoms with Gasteiger partial charge in [0, 0.05) is 10.6 Å². The molecule has 0 saturated carbocycles. The fraction of sp³-hybridized carbons (Fsp3) is 0.118. The molecule has 0 saturated heterocycles. The van der Waals surface area contributed by atoms with Crippen molar-refractivity contribution in [2.24, 2.45) is 0 Å². The second-order valence-electron chi connectivity index (χ2n) is 4.71. The number of aromatic carboxylic acids is 1. The summed E-state index contributed by atoms with van der Waals surface area (Å²) in [7, 11) is 1.30. The molecule has 2 aromatic rings. The minimum absolute atomic E-state index is 0.0725. The Morgan fingerprint density at radius 3 is 2.38 bits per heavy atom. The van der Waals surface area contributed by atoms with Gasteiger partial charge in [0.25, 0.3) is 0 Å². The maximum atomic E-state index is 12.0. The Bertz CT molecular complexity index is 758. The monoisotopic (exact) mass is 345 g/mol. The van der Waals surface area contributed by atoms with Gasteiger partial charge in [0.2, 0.25) is 5.91 Å². The summed E-state index contributed by atoms with van der Waals surface area (Å²) < 4.78 is 4.60. The highest BCUT2D eigenvalue weighted by atomic mass is 32.2. The molecule has 2 aromatic carbocycles. The van der Waals surface area contributed by atoms with Crippen LogP contribution in [0.3, 0.4) is 0 Å². The number of ether oxygens (including phenoxy) is 1. The van der Waals surface area contributed by atoms with Crippen LogP contribution in [0.5, 0.6) is 0 Å². The van der Waals surface area contributed by atoms with Crippen LogP contribution in [-0.4, -0.2) is 35.8 Å². The average Bonchev–Trinajstić information content (AvgIpc) is 2.60. The van der Waals surface area contributed by atoms with E-state index >= 15 is 0 Å². The highest BCUT2D eigenvalue weighted by Crippen LogP contribution is 2.23. The fourth-order valence-corrected chi connectivity index (χ4v) is 2.76.